The molecule has 1 unspecified atom stereocenters. The van der Waals surface area contributed by atoms with E-state index in [4.69, 9.17) is 0 Å². The standard InChI is InChI=1S/C12H13NO2S/c1-12(15,6-11-7-13-8-16-11)9-2-4-10(14)5-3-9/h2-5,7-8,14-15H,6H2,1H3. The number of benzene rings is 1. The van der Waals surface area contributed by atoms with Crippen LogP contribution in [0.1, 0.15) is 17.4 Å². The molecule has 0 saturated heterocycles. The van der Waals surface area contributed by atoms with Gasteiger partial charge < -0.3 is 10.2 Å². The third-order valence-electron chi connectivity index (χ3n) is 2.49. The van der Waals surface area contributed by atoms with Gasteiger partial charge in [-0.2, -0.15) is 0 Å². The number of phenolic OH excluding ortho intramolecular Hbond substituents is 1. The van der Waals surface area contributed by atoms with Gasteiger partial charge in [-0.25, -0.2) is 0 Å². The molecule has 1 aromatic carbocycles. The molecule has 2 N–H and O–H groups in total. The maximum atomic E-state index is 10.3. The van der Waals surface area contributed by atoms with E-state index in [9.17, 15) is 10.2 Å². The summed E-state index contributed by atoms with van der Waals surface area (Å²) in [4.78, 5) is 5.02. The number of rotatable bonds is 3. The Kier molecular flexibility index (Phi) is 2.94. The van der Waals surface area contributed by atoms with E-state index in [1.54, 1.807) is 42.9 Å². The van der Waals surface area contributed by atoms with Crippen LogP contribution in [0, 0.1) is 0 Å². The molecule has 2 rings (SSSR count). The highest BCUT2D eigenvalue weighted by Gasteiger charge is 2.24. The van der Waals surface area contributed by atoms with Crippen LogP contribution in [0.4, 0.5) is 0 Å². The molecule has 0 amide bonds. The van der Waals surface area contributed by atoms with Crippen molar-refractivity contribution in [2.45, 2.75) is 18.9 Å². The minimum atomic E-state index is -0.930. The number of nitrogens with zero attached hydrogens (tertiary/aromatic N) is 1. The molecule has 0 bridgehead atoms. The maximum absolute atomic E-state index is 10.3. The molecule has 3 nitrogen and oxygen atoms in total. The van der Waals surface area contributed by atoms with E-state index < -0.39 is 5.60 Å². The van der Waals surface area contributed by atoms with E-state index in [2.05, 4.69) is 4.98 Å². The molecule has 2 aromatic rings. The molecule has 0 fully saturated rings. The quantitative estimate of drug-likeness (QED) is 0.858. The van der Waals surface area contributed by atoms with Gasteiger partial charge in [0.1, 0.15) is 5.75 Å². The van der Waals surface area contributed by atoms with Gasteiger partial charge in [-0.1, -0.05) is 12.1 Å². The van der Waals surface area contributed by atoms with Crippen molar-refractivity contribution in [3.8, 4) is 5.75 Å². The van der Waals surface area contributed by atoms with E-state index in [-0.39, 0.29) is 5.75 Å². The van der Waals surface area contributed by atoms with Crippen molar-refractivity contribution >= 4 is 11.3 Å². The molecule has 0 saturated carbocycles. The van der Waals surface area contributed by atoms with Crippen molar-refractivity contribution in [3.63, 3.8) is 0 Å². The highest BCUT2D eigenvalue weighted by atomic mass is 32.1. The summed E-state index contributed by atoms with van der Waals surface area (Å²) >= 11 is 1.53. The molecule has 0 aliphatic heterocycles. The Morgan fingerprint density at radius 3 is 2.56 bits per heavy atom. The lowest BCUT2D eigenvalue weighted by Crippen LogP contribution is -2.23. The van der Waals surface area contributed by atoms with Crippen molar-refractivity contribution < 1.29 is 10.2 Å². The topological polar surface area (TPSA) is 53.4 Å². The van der Waals surface area contributed by atoms with Crippen molar-refractivity contribution in [2.75, 3.05) is 0 Å². The van der Waals surface area contributed by atoms with Gasteiger partial charge in [0.05, 0.1) is 11.1 Å². The van der Waals surface area contributed by atoms with Gasteiger partial charge in [-0.05, 0) is 24.6 Å². The zero-order chi connectivity index (χ0) is 11.6. The van der Waals surface area contributed by atoms with Crippen LogP contribution in [0.25, 0.3) is 0 Å². The number of aromatic nitrogens is 1. The van der Waals surface area contributed by atoms with Crippen LogP contribution in [0.15, 0.2) is 36.0 Å². The molecule has 1 atom stereocenters. The summed E-state index contributed by atoms with van der Waals surface area (Å²) in [5.41, 5.74) is 1.61. The number of aromatic hydroxyl groups is 1. The first-order valence-electron chi connectivity index (χ1n) is 4.97. The second-order valence-corrected chi connectivity index (χ2v) is 4.94. The van der Waals surface area contributed by atoms with Crippen LogP contribution in [-0.4, -0.2) is 15.2 Å². The average Bonchev–Trinajstić information content (AvgIpc) is 2.70. The lowest BCUT2D eigenvalue weighted by molar-refractivity contribution is 0.0584. The summed E-state index contributed by atoms with van der Waals surface area (Å²) in [5, 5.41) is 19.5. The number of phenols is 1. The molecule has 0 aliphatic rings. The summed E-state index contributed by atoms with van der Waals surface area (Å²) < 4.78 is 0. The predicted molar refractivity (Wildman–Crippen MR) is 63.5 cm³/mol. The molecule has 1 aromatic heterocycles. The van der Waals surface area contributed by atoms with Gasteiger partial charge >= 0.3 is 0 Å². The minimum absolute atomic E-state index is 0.206. The van der Waals surface area contributed by atoms with Crippen LogP contribution >= 0.6 is 11.3 Å². The Bertz CT molecular complexity index is 448. The van der Waals surface area contributed by atoms with Crippen molar-refractivity contribution in [3.05, 3.63) is 46.4 Å². The number of hydrogen-bond acceptors (Lipinski definition) is 4. The fourth-order valence-electron chi connectivity index (χ4n) is 1.59. The van der Waals surface area contributed by atoms with Crippen LogP contribution in [-0.2, 0) is 12.0 Å². The molecular weight excluding hydrogens is 222 g/mol. The zero-order valence-electron chi connectivity index (χ0n) is 8.92. The summed E-state index contributed by atoms with van der Waals surface area (Å²) in [7, 11) is 0. The first kappa shape index (κ1) is 11.1. The summed E-state index contributed by atoms with van der Waals surface area (Å²) in [6.07, 6.45) is 2.29. The second-order valence-electron chi connectivity index (χ2n) is 3.97. The summed E-state index contributed by atoms with van der Waals surface area (Å²) in [6, 6.07) is 6.62. The third-order valence-corrected chi connectivity index (χ3v) is 3.27. The van der Waals surface area contributed by atoms with E-state index in [0.717, 1.165) is 10.4 Å². The van der Waals surface area contributed by atoms with E-state index in [1.165, 1.54) is 11.3 Å². The smallest absolute Gasteiger partial charge is 0.115 e. The zero-order valence-corrected chi connectivity index (χ0v) is 9.74. The SMILES string of the molecule is CC(O)(Cc1cncs1)c1ccc(O)cc1. The average molecular weight is 235 g/mol. The highest BCUT2D eigenvalue weighted by Crippen LogP contribution is 2.27. The van der Waals surface area contributed by atoms with Crippen LogP contribution in [0.3, 0.4) is 0 Å². The molecule has 0 radical (unpaired) electrons. The Hall–Kier alpha value is -1.39. The molecule has 16 heavy (non-hydrogen) atoms. The molecule has 0 spiro atoms. The van der Waals surface area contributed by atoms with Gasteiger partial charge in [0.2, 0.25) is 0 Å². The number of thiazole rings is 1. The normalized spacial score (nSPS) is 14.6. The van der Waals surface area contributed by atoms with Crippen molar-refractivity contribution in [1.29, 1.82) is 0 Å². The third kappa shape index (κ3) is 2.40. The highest BCUT2D eigenvalue weighted by molar-refractivity contribution is 7.09. The largest absolute Gasteiger partial charge is 0.508 e. The first-order valence-corrected chi connectivity index (χ1v) is 5.85. The van der Waals surface area contributed by atoms with Gasteiger partial charge in [0.25, 0.3) is 0 Å². The minimum Gasteiger partial charge on any atom is -0.508 e. The van der Waals surface area contributed by atoms with Gasteiger partial charge in [-0.3, -0.25) is 4.98 Å². The van der Waals surface area contributed by atoms with Crippen molar-refractivity contribution in [1.82, 2.24) is 4.98 Å². The summed E-state index contributed by atoms with van der Waals surface area (Å²) in [6.45, 7) is 1.76. The van der Waals surface area contributed by atoms with E-state index >= 15 is 0 Å². The van der Waals surface area contributed by atoms with Gasteiger partial charge in [0.15, 0.2) is 0 Å². The molecule has 1 heterocycles. The Labute approximate surface area is 98.0 Å². The lowest BCUT2D eigenvalue weighted by Gasteiger charge is -2.23. The fourth-order valence-corrected chi connectivity index (χ4v) is 2.33. The molecular formula is C12H13NO2S. The number of aliphatic hydroxyl groups is 1. The fraction of sp³-hybridized carbons (Fsp3) is 0.250. The van der Waals surface area contributed by atoms with Gasteiger partial charge in [0, 0.05) is 17.5 Å². The van der Waals surface area contributed by atoms with E-state index in [1.807, 2.05) is 0 Å². The second kappa shape index (κ2) is 4.23. The predicted octanol–water partition coefficient (Wildman–Crippen LogP) is 2.30. The van der Waals surface area contributed by atoms with E-state index in [0.29, 0.717) is 6.42 Å². The molecule has 0 aliphatic carbocycles. The first-order chi connectivity index (χ1) is 7.58. The lowest BCUT2D eigenvalue weighted by atomic mass is 9.92. The van der Waals surface area contributed by atoms with Gasteiger partial charge in [-0.15, -0.1) is 11.3 Å². The van der Waals surface area contributed by atoms with Crippen LogP contribution in [0.5, 0.6) is 5.75 Å². The van der Waals surface area contributed by atoms with Crippen LogP contribution in [0.2, 0.25) is 0 Å². The Balaban J connectivity index is 2.21. The van der Waals surface area contributed by atoms with Crippen LogP contribution < -0.4 is 0 Å². The monoisotopic (exact) mass is 235 g/mol. The molecule has 4 heteroatoms. The van der Waals surface area contributed by atoms with Crippen molar-refractivity contribution in [2.24, 2.45) is 0 Å². The Morgan fingerprint density at radius 2 is 2.00 bits per heavy atom. The number of hydrogen-bond donors (Lipinski definition) is 2. The summed E-state index contributed by atoms with van der Waals surface area (Å²) in [5.74, 6) is 0.206. The maximum Gasteiger partial charge on any atom is 0.115 e. The Morgan fingerprint density at radius 1 is 1.31 bits per heavy atom. The molecule has 84 valence electrons.